The van der Waals surface area contributed by atoms with Crippen molar-refractivity contribution in [1.29, 1.82) is 10.7 Å². The summed E-state index contributed by atoms with van der Waals surface area (Å²) in [7, 11) is 4.94. The van der Waals surface area contributed by atoms with Gasteiger partial charge in [0, 0.05) is 45.1 Å². The Kier molecular flexibility index (Phi) is 10.8. The van der Waals surface area contributed by atoms with Gasteiger partial charge in [0.25, 0.3) is 0 Å². The molecule has 3 heterocycles. The van der Waals surface area contributed by atoms with Crippen LogP contribution in [0.2, 0.25) is 0 Å². The lowest BCUT2D eigenvalue weighted by Crippen LogP contribution is -2.25. The summed E-state index contributed by atoms with van der Waals surface area (Å²) in [5.74, 6) is 1.06. The van der Waals surface area contributed by atoms with Crippen molar-refractivity contribution in [3.05, 3.63) is 69.2 Å². The van der Waals surface area contributed by atoms with E-state index in [1.807, 2.05) is 6.07 Å². The van der Waals surface area contributed by atoms with E-state index in [4.69, 9.17) is 15.7 Å². The van der Waals surface area contributed by atoms with Crippen LogP contribution in [0.4, 0.5) is 5.82 Å². The Hall–Kier alpha value is -2.98. The van der Waals surface area contributed by atoms with Crippen molar-refractivity contribution in [3.8, 4) is 6.07 Å². The molecule has 216 valence electrons. The smallest absolute Gasteiger partial charge is 0.180 e. The Morgan fingerprint density at radius 3 is 2.85 bits per heavy atom. The van der Waals surface area contributed by atoms with Crippen LogP contribution in [0, 0.1) is 16.7 Å². The van der Waals surface area contributed by atoms with Crippen molar-refractivity contribution in [2.45, 2.75) is 83.6 Å². The molecule has 7 nitrogen and oxygen atoms in total. The second kappa shape index (κ2) is 14.3. The number of hydrogen-bond donors (Lipinski definition) is 2. The highest BCUT2D eigenvalue weighted by molar-refractivity contribution is 7.43. The average Bonchev–Trinajstić information content (AvgIpc) is 3.54. The predicted molar refractivity (Wildman–Crippen MR) is 175 cm³/mol. The number of fused-ring (bicyclic) bond motifs is 1. The third-order valence-electron chi connectivity index (χ3n) is 8.31. The fraction of sp³-hybridized carbons (Fsp3) is 0.469. The molecule has 41 heavy (non-hydrogen) atoms. The lowest BCUT2D eigenvalue weighted by Gasteiger charge is -2.26. The van der Waals surface area contributed by atoms with Gasteiger partial charge in [0.1, 0.15) is 11.8 Å². The molecule has 9 heteroatoms. The van der Waals surface area contributed by atoms with Crippen LogP contribution in [0.25, 0.3) is 0 Å². The highest BCUT2D eigenvalue weighted by Gasteiger charge is 2.30. The minimum atomic E-state index is 0.131. The molecule has 1 aliphatic carbocycles. The molecule has 1 aliphatic heterocycles. The molecule has 2 aromatic rings. The Morgan fingerprint density at radius 1 is 1.37 bits per heavy atom. The third kappa shape index (κ3) is 7.27. The zero-order chi connectivity index (χ0) is 29.5. The molecule has 1 fully saturated rings. The van der Waals surface area contributed by atoms with Crippen LogP contribution in [0.5, 0.6) is 0 Å². The van der Waals surface area contributed by atoms with Crippen LogP contribution in [0.15, 0.2) is 46.6 Å². The number of likely N-dealkylation sites (tertiary alicyclic amines) is 1. The maximum Gasteiger partial charge on any atom is 0.180 e. The van der Waals surface area contributed by atoms with E-state index in [-0.39, 0.29) is 5.92 Å². The third-order valence-corrected chi connectivity index (χ3v) is 10.0. The fourth-order valence-electron chi connectivity index (χ4n) is 6.05. The minimum Gasteiger partial charge on any atom is -0.399 e. The lowest BCUT2D eigenvalue weighted by molar-refractivity contribution is 0.296. The SMILES string of the molecule is C=C/C(N)=C/C=Nc1cc(CC[C@@H]2CCCN2C)nc(C(=N)/C(CCC)=C(\C)[C@H]2CCCc3sc(P)c(C#N)c32)n1. The number of nitrogens with zero attached hydrogens (tertiary/aromatic N) is 5. The van der Waals surface area contributed by atoms with Crippen LogP contribution >= 0.6 is 20.6 Å². The maximum atomic E-state index is 9.95. The van der Waals surface area contributed by atoms with E-state index >= 15 is 0 Å². The second-order valence-electron chi connectivity index (χ2n) is 11.0. The number of rotatable bonds is 11. The number of thiophene rings is 1. The quantitative estimate of drug-likeness (QED) is 0.183. The molecule has 0 bridgehead atoms. The van der Waals surface area contributed by atoms with Gasteiger partial charge in [0.15, 0.2) is 11.6 Å². The van der Waals surface area contributed by atoms with E-state index in [1.54, 1.807) is 29.7 Å². The highest BCUT2D eigenvalue weighted by atomic mass is 32.1. The zero-order valence-electron chi connectivity index (χ0n) is 24.5. The summed E-state index contributed by atoms with van der Waals surface area (Å²) in [5, 5.41) is 19.3. The fourth-order valence-corrected chi connectivity index (χ4v) is 7.83. The molecule has 0 spiro atoms. The summed E-state index contributed by atoms with van der Waals surface area (Å²) in [6.07, 6.45) is 13.9. The monoisotopic (exact) mass is 587 g/mol. The van der Waals surface area contributed by atoms with Gasteiger partial charge in [-0.2, -0.15) is 5.26 Å². The van der Waals surface area contributed by atoms with Gasteiger partial charge in [0.2, 0.25) is 0 Å². The molecule has 1 unspecified atom stereocenters. The molecule has 3 N–H and O–H groups in total. The molecule has 2 aliphatic rings. The summed E-state index contributed by atoms with van der Waals surface area (Å²) in [6, 6.07) is 4.93. The van der Waals surface area contributed by atoms with Crippen molar-refractivity contribution in [1.82, 2.24) is 14.9 Å². The number of nitriles is 1. The van der Waals surface area contributed by atoms with E-state index in [1.165, 1.54) is 23.3 Å². The van der Waals surface area contributed by atoms with Crippen LogP contribution in [-0.4, -0.2) is 46.4 Å². The predicted octanol–water partition coefficient (Wildman–Crippen LogP) is 6.27. The first-order valence-corrected chi connectivity index (χ1v) is 16.0. The van der Waals surface area contributed by atoms with Gasteiger partial charge in [-0.1, -0.05) is 34.7 Å². The maximum absolute atomic E-state index is 9.95. The van der Waals surface area contributed by atoms with Gasteiger partial charge in [-0.25, -0.2) is 15.0 Å². The van der Waals surface area contributed by atoms with Gasteiger partial charge >= 0.3 is 0 Å². The number of nitrogens with two attached hydrogens (primary N) is 1. The molecule has 4 rings (SSSR count). The van der Waals surface area contributed by atoms with E-state index in [9.17, 15) is 10.7 Å². The molecule has 0 amide bonds. The topological polar surface area (TPSA) is 115 Å². The van der Waals surface area contributed by atoms with Gasteiger partial charge in [0.05, 0.1) is 5.56 Å². The summed E-state index contributed by atoms with van der Waals surface area (Å²) in [5.41, 5.74) is 11.7. The number of nitrogens with one attached hydrogen (secondary N) is 1. The summed E-state index contributed by atoms with van der Waals surface area (Å²) < 4.78 is 1.02. The van der Waals surface area contributed by atoms with Crippen molar-refractivity contribution in [2.75, 3.05) is 13.6 Å². The molecular formula is C32H42N7PS. The van der Waals surface area contributed by atoms with Crippen LogP contribution in [0.1, 0.15) is 92.2 Å². The average molecular weight is 588 g/mol. The normalized spacial score (nSPS) is 20.1. The van der Waals surface area contributed by atoms with Gasteiger partial charge < -0.3 is 10.6 Å². The summed E-state index contributed by atoms with van der Waals surface area (Å²) in [4.78, 5) is 17.9. The van der Waals surface area contributed by atoms with Crippen LogP contribution in [0.3, 0.4) is 0 Å². The summed E-state index contributed by atoms with van der Waals surface area (Å²) >= 11 is 1.72. The first kappa shape index (κ1) is 31.0. The first-order chi connectivity index (χ1) is 19.8. The van der Waals surface area contributed by atoms with Crippen molar-refractivity contribution >= 4 is 42.9 Å². The highest BCUT2D eigenvalue weighted by Crippen LogP contribution is 2.43. The standard InChI is InChI=1S/C32H42N7PS/c1-5-9-25(20(3)24-11-7-12-27-29(24)26(19-33)32(40)41-27)30(35)31-37-22(13-14-23-10-8-17-39(23)4)18-28(38-31)36-16-15-21(34)6-2/h6,15-16,18,23-24,35H,2,5,7-14,17,34,40H2,1,3-4H3/b21-15-,25-20+,35-30?,36-16?/t23-,24+/m0/s1. The number of allylic oxidation sites excluding steroid dienone is 4. The Labute approximate surface area is 251 Å². The van der Waals surface area contributed by atoms with Crippen LogP contribution < -0.4 is 10.4 Å². The largest absolute Gasteiger partial charge is 0.399 e. The minimum absolute atomic E-state index is 0.131. The zero-order valence-corrected chi connectivity index (χ0v) is 26.5. The molecule has 0 saturated carbocycles. The Morgan fingerprint density at radius 2 is 2.17 bits per heavy atom. The lowest BCUT2D eigenvalue weighted by atomic mass is 9.78. The molecule has 1 saturated heterocycles. The molecule has 0 aromatic carbocycles. The van der Waals surface area contributed by atoms with Gasteiger partial charge in [-0.05, 0) is 95.2 Å². The molecule has 0 radical (unpaired) electrons. The van der Waals surface area contributed by atoms with E-state index in [2.05, 4.69) is 52.7 Å². The van der Waals surface area contributed by atoms with Gasteiger partial charge in [-0.3, -0.25) is 5.41 Å². The molecular weight excluding hydrogens is 545 g/mol. The van der Waals surface area contributed by atoms with Crippen molar-refractivity contribution in [2.24, 2.45) is 10.7 Å². The number of aryl methyl sites for hydroxylation is 2. The Balaban J connectivity index is 1.73. The second-order valence-corrected chi connectivity index (χ2v) is 13.2. The number of hydrogen-bond acceptors (Lipinski definition) is 8. The molecule has 3 atom stereocenters. The first-order valence-electron chi connectivity index (χ1n) is 14.6. The Bertz CT molecular complexity index is 1430. The van der Waals surface area contributed by atoms with Gasteiger partial charge in [-0.15, -0.1) is 11.3 Å². The van der Waals surface area contributed by atoms with E-state index in [0.717, 1.165) is 78.5 Å². The molecule has 2 aromatic heterocycles. The van der Waals surface area contributed by atoms with Crippen LogP contribution in [-0.2, 0) is 12.8 Å². The van der Waals surface area contributed by atoms with E-state index < -0.39 is 0 Å². The number of aromatic nitrogens is 2. The van der Waals surface area contributed by atoms with Crippen molar-refractivity contribution < 1.29 is 0 Å². The van der Waals surface area contributed by atoms with E-state index in [0.29, 0.717) is 29.1 Å². The summed E-state index contributed by atoms with van der Waals surface area (Å²) in [6.45, 7) is 9.11. The van der Waals surface area contributed by atoms with Crippen molar-refractivity contribution in [3.63, 3.8) is 0 Å². The number of aliphatic imine (C=N–C) groups is 1.